The molecule has 0 aromatic carbocycles. The first kappa shape index (κ1) is 20.5. The largest absolute Gasteiger partial charge is 0.357 e. The van der Waals surface area contributed by atoms with Crippen LogP contribution in [0.15, 0.2) is 11.3 Å². The van der Waals surface area contributed by atoms with Crippen LogP contribution in [0.2, 0.25) is 0 Å². The monoisotopic (exact) mass is 393 g/mol. The molecule has 1 saturated carbocycles. The van der Waals surface area contributed by atoms with Crippen molar-refractivity contribution in [3.8, 4) is 0 Å². The first-order valence-corrected chi connectivity index (χ1v) is 11.5. The molecule has 1 aromatic heterocycles. The molecule has 1 N–H and O–H groups in total. The molecule has 0 atom stereocenters. The van der Waals surface area contributed by atoms with Crippen LogP contribution >= 0.6 is 11.8 Å². The minimum atomic E-state index is 0.255. The van der Waals surface area contributed by atoms with Gasteiger partial charge in [-0.25, -0.2) is 4.98 Å². The lowest BCUT2D eigenvalue weighted by atomic mass is 9.80. The summed E-state index contributed by atoms with van der Waals surface area (Å²) >= 11 is 2.09. The highest BCUT2D eigenvalue weighted by atomic mass is 32.2. The van der Waals surface area contributed by atoms with Gasteiger partial charge in [-0.05, 0) is 19.8 Å². The zero-order chi connectivity index (χ0) is 19.1. The van der Waals surface area contributed by atoms with E-state index in [-0.39, 0.29) is 5.54 Å². The number of thioether (sulfide) groups is 1. The molecule has 1 aliphatic heterocycles. The standard InChI is InChI=1S/C19H35N7S/c1-4-20-18(24(2)14-17-22-16-23-25(17)3)21-15-19(8-6-5-7-9-19)26-10-12-27-13-11-26/h16H,4-15H2,1-3H3,(H,20,21). The number of aliphatic imine (C=N–C) groups is 1. The molecule has 2 heterocycles. The minimum Gasteiger partial charge on any atom is -0.357 e. The first-order chi connectivity index (χ1) is 13.1. The van der Waals surface area contributed by atoms with E-state index >= 15 is 0 Å². The Hall–Kier alpha value is -1.28. The van der Waals surface area contributed by atoms with Crippen molar-refractivity contribution in [3.63, 3.8) is 0 Å². The summed E-state index contributed by atoms with van der Waals surface area (Å²) in [6, 6.07) is 0. The van der Waals surface area contributed by atoms with Crippen molar-refractivity contribution in [2.75, 3.05) is 44.7 Å². The van der Waals surface area contributed by atoms with E-state index in [0.717, 1.165) is 24.9 Å². The first-order valence-electron chi connectivity index (χ1n) is 10.3. The number of nitrogens with zero attached hydrogens (tertiary/aromatic N) is 6. The number of rotatable bonds is 6. The van der Waals surface area contributed by atoms with Crippen LogP contribution in [-0.4, -0.2) is 80.8 Å². The van der Waals surface area contributed by atoms with Gasteiger partial charge < -0.3 is 10.2 Å². The molecule has 152 valence electrons. The van der Waals surface area contributed by atoms with Gasteiger partial charge in [0, 0.05) is 50.8 Å². The fourth-order valence-electron chi connectivity index (χ4n) is 4.26. The van der Waals surface area contributed by atoms with Gasteiger partial charge >= 0.3 is 0 Å². The fraction of sp³-hybridized carbons (Fsp3) is 0.842. The summed E-state index contributed by atoms with van der Waals surface area (Å²) in [4.78, 5) is 14.4. The summed E-state index contributed by atoms with van der Waals surface area (Å²) in [6.07, 6.45) is 8.23. The normalized spacial score (nSPS) is 21.2. The maximum Gasteiger partial charge on any atom is 0.194 e. The Bertz CT molecular complexity index is 603. The van der Waals surface area contributed by atoms with Crippen LogP contribution in [0.25, 0.3) is 0 Å². The van der Waals surface area contributed by atoms with Crippen LogP contribution in [0.5, 0.6) is 0 Å². The number of nitrogens with one attached hydrogen (secondary N) is 1. The predicted octanol–water partition coefficient (Wildman–Crippen LogP) is 1.96. The second kappa shape index (κ2) is 9.78. The Morgan fingerprint density at radius 3 is 2.67 bits per heavy atom. The molecule has 0 radical (unpaired) electrons. The van der Waals surface area contributed by atoms with E-state index in [1.54, 1.807) is 6.33 Å². The molecule has 8 heteroatoms. The van der Waals surface area contributed by atoms with E-state index in [4.69, 9.17) is 4.99 Å². The molecule has 27 heavy (non-hydrogen) atoms. The van der Waals surface area contributed by atoms with Crippen LogP contribution in [0, 0.1) is 0 Å². The van der Waals surface area contributed by atoms with Gasteiger partial charge in [0.05, 0.1) is 13.1 Å². The maximum absolute atomic E-state index is 5.12. The van der Waals surface area contributed by atoms with Gasteiger partial charge in [0.2, 0.25) is 0 Å². The van der Waals surface area contributed by atoms with Crippen molar-refractivity contribution in [2.45, 2.75) is 51.1 Å². The molecule has 3 rings (SSSR count). The molecule has 0 unspecified atom stereocenters. The lowest BCUT2D eigenvalue weighted by molar-refractivity contribution is 0.0670. The minimum absolute atomic E-state index is 0.255. The maximum atomic E-state index is 5.12. The molecule has 0 bridgehead atoms. The van der Waals surface area contributed by atoms with E-state index in [1.807, 2.05) is 11.7 Å². The van der Waals surface area contributed by atoms with Gasteiger partial charge in [0.25, 0.3) is 0 Å². The second-order valence-electron chi connectivity index (χ2n) is 7.71. The van der Waals surface area contributed by atoms with Gasteiger partial charge in [0.15, 0.2) is 5.96 Å². The second-order valence-corrected chi connectivity index (χ2v) is 8.94. The number of hydrogen-bond acceptors (Lipinski definition) is 5. The topological polar surface area (TPSA) is 61.6 Å². The van der Waals surface area contributed by atoms with Crippen LogP contribution in [0.1, 0.15) is 44.9 Å². The van der Waals surface area contributed by atoms with Crippen molar-refractivity contribution >= 4 is 17.7 Å². The van der Waals surface area contributed by atoms with Crippen molar-refractivity contribution in [2.24, 2.45) is 12.0 Å². The zero-order valence-electron chi connectivity index (χ0n) is 17.2. The van der Waals surface area contributed by atoms with Crippen LogP contribution in [0.3, 0.4) is 0 Å². The third-order valence-corrected chi connectivity index (χ3v) is 6.81. The van der Waals surface area contributed by atoms with E-state index in [1.165, 1.54) is 56.7 Å². The van der Waals surface area contributed by atoms with Crippen LogP contribution < -0.4 is 5.32 Å². The number of aromatic nitrogens is 3. The zero-order valence-corrected chi connectivity index (χ0v) is 18.0. The Labute approximate surface area is 168 Å². The molecular weight excluding hydrogens is 358 g/mol. The van der Waals surface area contributed by atoms with Crippen LogP contribution in [0.4, 0.5) is 0 Å². The highest BCUT2D eigenvalue weighted by Gasteiger charge is 2.38. The number of aryl methyl sites for hydroxylation is 1. The summed E-state index contributed by atoms with van der Waals surface area (Å²) in [5.41, 5.74) is 0.255. The quantitative estimate of drug-likeness (QED) is 0.589. The summed E-state index contributed by atoms with van der Waals surface area (Å²) in [7, 11) is 4.02. The highest BCUT2D eigenvalue weighted by molar-refractivity contribution is 7.99. The van der Waals surface area contributed by atoms with Gasteiger partial charge in [0.1, 0.15) is 12.2 Å². The van der Waals surface area contributed by atoms with Crippen molar-refractivity contribution in [1.29, 1.82) is 0 Å². The Morgan fingerprint density at radius 1 is 1.30 bits per heavy atom. The fourth-order valence-corrected chi connectivity index (χ4v) is 5.17. The van der Waals surface area contributed by atoms with E-state index in [2.05, 4.69) is 50.9 Å². The molecule has 7 nitrogen and oxygen atoms in total. The molecular formula is C19H35N7S. The van der Waals surface area contributed by atoms with Crippen molar-refractivity contribution < 1.29 is 0 Å². The molecule has 0 amide bonds. The molecule has 0 spiro atoms. The average molecular weight is 394 g/mol. The highest BCUT2D eigenvalue weighted by Crippen LogP contribution is 2.35. The SMILES string of the molecule is CCNC(=NCC1(N2CCSCC2)CCCCC1)N(C)Cc1ncnn1C. The molecule has 1 saturated heterocycles. The number of hydrogen-bond donors (Lipinski definition) is 1. The predicted molar refractivity (Wildman–Crippen MR) is 113 cm³/mol. The van der Waals surface area contributed by atoms with Gasteiger partial charge in [-0.2, -0.15) is 16.9 Å². The van der Waals surface area contributed by atoms with Gasteiger partial charge in [-0.3, -0.25) is 14.6 Å². The molecule has 2 fully saturated rings. The smallest absolute Gasteiger partial charge is 0.194 e. The van der Waals surface area contributed by atoms with Gasteiger partial charge in [-0.15, -0.1) is 0 Å². The average Bonchev–Trinajstić information content (AvgIpc) is 3.11. The van der Waals surface area contributed by atoms with Gasteiger partial charge in [-0.1, -0.05) is 19.3 Å². The molecule has 1 aromatic rings. The molecule has 1 aliphatic carbocycles. The molecule has 2 aliphatic rings. The van der Waals surface area contributed by atoms with Crippen molar-refractivity contribution in [1.82, 2.24) is 29.9 Å². The lowest BCUT2D eigenvalue weighted by Crippen LogP contribution is -2.55. The van der Waals surface area contributed by atoms with Crippen molar-refractivity contribution in [3.05, 3.63) is 12.2 Å². The summed E-state index contributed by atoms with van der Waals surface area (Å²) in [5, 5.41) is 7.65. The Kier molecular flexibility index (Phi) is 7.41. The van der Waals surface area contributed by atoms with E-state index in [0.29, 0.717) is 6.54 Å². The van der Waals surface area contributed by atoms with E-state index < -0.39 is 0 Å². The lowest BCUT2D eigenvalue weighted by Gasteiger charge is -2.47. The third kappa shape index (κ3) is 5.16. The van der Waals surface area contributed by atoms with E-state index in [9.17, 15) is 0 Å². The summed E-state index contributed by atoms with van der Waals surface area (Å²) in [5.74, 6) is 4.44. The number of guanidine groups is 1. The Morgan fingerprint density at radius 2 is 2.04 bits per heavy atom. The Balaban J connectivity index is 1.73. The third-order valence-electron chi connectivity index (χ3n) is 5.87. The summed E-state index contributed by atoms with van der Waals surface area (Å²) in [6.45, 7) is 7.02. The summed E-state index contributed by atoms with van der Waals surface area (Å²) < 4.78 is 1.83. The van der Waals surface area contributed by atoms with Crippen LogP contribution in [-0.2, 0) is 13.6 Å².